The number of rotatable bonds is 5. The quantitative estimate of drug-likeness (QED) is 0.427. The van der Waals surface area contributed by atoms with Crippen LogP contribution in [0.3, 0.4) is 0 Å². The van der Waals surface area contributed by atoms with Gasteiger partial charge < -0.3 is 10.2 Å². The first-order chi connectivity index (χ1) is 16.3. The van der Waals surface area contributed by atoms with Crippen molar-refractivity contribution in [2.45, 2.75) is 19.4 Å². The van der Waals surface area contributed by atoms with Crippen LogP contribution in [0.15, 0.2) is 71.5 Å². The molecule has 0 spiro atoms. The second kappa shape index (κ2) is 9.38. The van der Waals surface area contributed by atoms with E-state index < -0.39 is 29.5 Å². The molecule has 0 fully saturated rings. The summed E-state index contributed by atoms with van der Waals surface area (Å²) >= 11 is 0. The van der Waals surface area contributed by atoms with Crippen LogP contribution >= 0.6 is 0 Å². The van der Waals surface area contributed by atoms with Gasteiger partial charge in [0, 0.05) is 13.1 Å². The number of carbonyl (C=O) groups is 1. The molecular weight excluding hydrogens is 445 g/mol. The van der Waals surface area contributed by atoms with Gasteiger partial charge in [-0.3, -0.25) is 9.36 Å². The third kappa shape index (κ3) is 4.36. The Bertz CT molecular complexity index is 1420. The molecule has 3 aromatic carbocycles. The van der Waals surface area contributed by atoms with Gasteiger partial charge in [0.25, 0.3) is 5.56 Å². The van der Waals surface area contributed by atoms with Crippen molar-refractivity contribution in [2.24, 2.45) is 0 Å². The van der Waals surface area contributed by atoms with Gasteiger partial charge in [-0.2, -0.15) is 0 Å². The molecule has 1 atom stereocenters. The number of hydrogen-bond acceptors (Lipinski definition) is 3. The molecule has 2 amide bonds. The van der Waals surface area contributed by atoms with Crippen molar-refractivity contribution in [1.29, 1.82) is 0 Å². The van der Waals surface area contributed by atoms with Gasteiger partial charge in [-0.15, -0.1) is 0 Å². The lowest BCUT2D eigenvalue weighted by molar-refractivity contribution is 0.199. The molecule has 9 heteroatoms. The molecule has 1 N–H and O–H groups in total. The maximum Gasteiger partial charge on any atom is 0.322 e. The minimum Gasteiger partial charge on any atom is -0.317 e. The van der Waals surface area contributed by atoms with E-state index in [-0.39, 0.29) is 17.1 Å². The normalized spacial score (nSPS) is 11.9. The molecule has 0 saturated heterocycles. The first kappa shape index (κ1) is 23.0. The van der Waals surface area contributed by atoms with E-state index >= 15 is 0 Å². The molecule has 174 valence electrons. The van der Waals surface area contributed by atoms with Crippen LogP contribution in [-0.2, 0) is 0 Å². The SMILES string of the molecule is CCC(c1nc2ccccc2c(=O)n1-c1ccc(F)cc1)N(C)C(=O)Nc1ccc(F)cc1F. The van der Waals surface area contributed by atoms with Crippen molar-refractivity contribution in [2.75, 3.05) is 12.4 Å². The van der Waals surface area contributed by atoms with Crippen molar-refractivity contribution < 1.29 is 18.0 Å². The van der Waals surface area contributed by atoms with E-state index in [0.29, 0.717) is 29.1 Å². The Labute approximate surface area is 193 Å². The molecule has 0 aliphatic rings. The fourth-order valence-corrected chi connectivity index (χ4v) is 3.78. The number of urea groups is 1. The first-order valence-electron chi connectivity index (χ1n) is 10.6. The molecule has 0 radical (unpaired) electrons. The second-order valence-corrected chi connectivity index (χ2v) is 7.69. The molecule has 1 heterocycles. The minimum atomic E-state index is -0.915. The average molecular weight is 466 g/mol. The first-order valence-corrected chi connectivity index (χ1v) is 10.6. The highest BCUT2D eigenvalue weighted by molar-refractivity contribution is 5.89. The van der Waals surface area contributed by atoms with Crippen LogP contribution in [0.5, 0.6) is 0 Å². The molecule has 34 heavy (non-hydrogen) atoms. The van der Waals surface area contributed by atoms with E-state index in [4.69, 9.17) is 0 Å². The standard InChI is InChI=1S/C25H21F3N4O2/c1-3-22(31(2)25(34)30-21-13-10-16(27)14-19(21)28)23-29-20-7-5-4-6-18(20)24(33)32(23)17-11-8-15(26)9-12-17/h4-14,22H,3H2,1-2H3,(H,30,34). The van der Waals surface area contributed by atoms with Gasteiger partial charge >= 0.3 is 6.03 Å². The van der Waals surface area contributed by atoms with E-state index in [2.05, 4.69) is 10.3 Å². The monoisotopic (exact) mass is 466 g/mol. The maximum atomic E-state index is 14.1. The Kier molecular flexibility index (Phi) is 6.36. The molecule has 1 aromatic heterocycles. The highest BCUT2D eigenvalue weighted by atomic mass is 19.1. The number of hydrogen-bond donors (Lipinski definition) is 1. The van der Waals surface area contributed by atoms with E-state index in [9.17, 15) is 22.8 Å². The Morgan fingerprint density at radius 1 is 1.03 bits per heavy atom. The predicted octanol–water partition coefficient (Wildman–Crippen LogP) is 5.42. The number of para-hydroxylation sites is 1. The lowest BCUT2D eigenvalue weighted by atomic mass is 10.1. The van der Waals surface area contributed by atoms with E-state index in [0.717, 1.165) is 12.1 Å². The average Bonchev–Trinajstić information content (AvgIpc) is 2.82. The molecule has 0 aliphatic heterocycles. The fourth-order valence-electron chi connectivity index (χ4n) is 3.78. The summed E-state index contributed by atoms with van der Waals surface area (Å²) in [6, 6.07) is 13.6. The summed E-state index contributed by atoms with van der Waals surface area (Å²) in [5, 5.41) is 2.79. The number of anilines is 1. The van der Waals surface area contributed by atoms with E-state index in [1.807, 2.05) is 6.92 Å². The van der Waals surface area contributed by atoms with Crippen LogP contribution in [0.1, 0.15) is 25.2 Å². The van der Waals surface area contributed by atoms with E-state index in [1.165, 1.54) is 40.8 Å². The highest BCUT2D eigenvalue weighted by Crippen LogP contribution is 2.26. The summed E-state index contributed by atoms with van der Waals surface area (Å²) in [5.74, 6) is -1.88. The van der Waals surface area contributed by atoms with Gasteiger partial charge in [-0.1, -0.05) is 19.1 Å². The number of nitrogens with one attached hydrogen (secondary N) is 1. The fraction of sp³-hybridized carbons (Fsp3) is 0.160. The zero-order valence-electron chi connectivity index (χ0n) is 18.4. The molecular formula is C25H21F3N4O2. The summed E-state index contributed by atoms with van der Waals surface area (Å²) in [7, 11) is 1.49. The van der Waals surface area contributed by atoms with Crippen LogP contribution in [0.2, 0.25) is 0 Å². The molecule has 1 unspecified atom stereocenters. The minimum absolute atomic E-state index is 0.185. The topological polar surface area (TPSA) is 67.2 Å². The number of amides is 2. The number of nitrogens with zero attached hydrogens (tertiary/aromatic N) is 3. The van der Waals surface area contributed by atoms with Gasteiger partial charge in [0.1, 0.15) is 23.3 Å². The molecule has 4 aromatic rings. The lowest BCUT2D eigenvalue weighted by Gasteiger charge is -2.29. The Morgan fingerprint density at radius 2 is 1.71 bits per heavy atom. The zero-order valence-corrected chi connectivity index (χ0v) is 18.4. The molecule has 4 rings (SSSR count). The number of carbonyl (C=O) groups excluding carboxylic acids is 1. The highest BCUT2D eigenvalue weighted by Gasteiger charge is 2.27. The van der Waals surface area contributed by atoms with Crippen LogP contribution in [0.4, 0.5) is 23.7 Å². The van der Waals surface area contributed by atoms with Gasteiger partial charge in [0.15, 0.2) is 0 Å². The largest absolute Gasteiger partial charge is 0.322 e. The van der Waals surface area contributed by atoms with Crippen LogP contribution < -0.4 is 10.9 Å². The summed E-state index contributed by atoms with van der Waals surface area (Å²) < 4.78 is 42.2. The molecule has 0 saturated carbocycles. The molecule has 6 nitrogen and oxygen atoms in total. The zero-order chi connectivity index (χ0) is 24.4. The number of aromatic nitrogens is 2. The number of halogens is 3. The second-order valence-electron chi connectivity index (χ2n) is 7.69. The Balaban J connectivity index is 1.81. The Morgan fingerprint density at radius 3 is 2.38 bits per heavy atom. The maximum absolute atomic E-state index is 14.1. The third-order valence-corrected chi connectivity index (χ3v) is 5.53. The van der Waals surface area contributed by atoms with Gasteiger partial charge in [0.2, 0.25) is 0 Å². The third-order valence-electron chi connectivity index (χ3n) is 5.53. The smallest absolute Gasteiger partial charge is 0.317 e. The summed E-state index contributed by atoms with van der Waals surface area (Å²) in [6.45, 7) is 1.81. The van der Waals surface area contributed by atoms with Gasteiger partial charge in [-0.05, 0) is 55.0 Å². The van der Waals surface area contributed by atoms with E-state index in [1.54, 1.807) is 24.3 Å². The van der Waals surface area contributed by atoms with Crippen molar-refractivity contribution in [3.63, 3.8) is 0 Å². The summed E-state index contributed by atoms with van der Waals surface area (Å²) in [5.41, 5.74) is 0.272. The Hall–Kier alpha value is -4.14. The summed E-state index contributed by atoms with van der Waals surface area (Å²) in [6.07, 6.45) is 0.363. The van der Waals surface area contributed by atoms with Crippen LogP contribution in [-0.4, -0.2) is 27.5 Å². The van der Waals surface area contributed by atoms with Crippen LogP contribution in [0, 0.1) is 17.5 Å². The van der Waals surface area contributed by atoms with Crippen molar-refractivity contribution >= 4 is 22.6 Å². The van der Waals surface area contributed by atoms with Crippen LogP contribution in [0.25, 0.3) is 16.6 Å². The van der Waals surface area contributed by atoms with Gasteiger partial charge in [-0.25, -0.2) is 22.9 Å². The molecule has 0 bridgehead atoms. The van der Waals surface area contributed by atoms with Crippen molar-refractivity contribution in [3.8, 4) is 5.69 Å². The molecule has 0 aliphatic carbocycles. The number of fused-ring (bicyclic) bond motifs is 1. The lowest BCUT2D eigenvalue weighted by Crippen LogP contribution is -2.38. The summed E-state index contributed by atoms with van der Waals surface area (Å²) in [4.78, 5) is 32.4. The van der Waals surface area contributed by atoms with Gasteiger partial charge in [0.05, 0.1) is 28.3 Å². The predicted molar refractivity (Wildman–Crippen MR) is 123 cm³/mol. The van der Waals surface area contributed by atoms with Crippen molar-refractivity contribution in [3.05, 3.63) is 100 Å². The van der Waals surface area contributed by atoms with Crippen molar-refractivity contribution in [1.82, 2.24) is 14.5 Å². The number of benzene rings is 3.